The van der Waals surface area contributed by atoms with Gasteiger partial charge in [-0.1, -0.05) is 35.9 Å². The van der Waals surface area contributed by atoms with Gasteiger partial charge in [-0.15, -0.1) is 0 Å². The number of fused-ring (bicyclic) bond motifs is 1. The predicted octanol–water partition coefficient (Wildman–Crippen LogP) is 4.78. The fraction of sp³-hybridized carbons (Fsp3) is 0.304. The van der Waals surface area contributed by atoms with Crippen molar-refractivity contribution in [3.05, 3.63) is 69.9 Å². The number of nitrogens with zero attached hydrogens (tertiary/aromatic N) is 3. The van der Waals surface area contributed by atoms with Crippen molar-refractivity contribution in [1.29, 1.82) is 0 Å². The van der Waals surface area contributed by atoms with E-state index in [9.17, 15) is 4.79 Å². The van der Waals surface area contributed by atoms with E-state index in [1.165, 1.54) is 5.56 Å². The highest BCUT2D eigenvalue weighted by molar-refractivity contribution is 6.30. The van der Waals surface area contributed by atoms with E-state index in [-0.39, 0.29) is 5.91 Å². The second-order valence-corrected chi connectivity index (χ2v) is 7.93. The number of carbonyl (C=O) groups is 1. The summed E-state index contributed by atoms with van der Waals surface area (Å²) >= 11 is 6.18. The van der Waals surface area contributed by atoms with Gasteiger partial charge >= 0.3 is 0 Å². The van der Waals surface area contributed by atoms with Crippen molar-refractivity contribution in [2.24, 2.45) is 0 Å². The van der Waals surface area contributed by atoms with Gasteiger partial charge in [0, 0.05) is 48.0 Å². The third kappa shape index (κ3) is 3.45. The van der Waals surface area contributed by atoms with Gasteiger partial charge in [-0.05, 0) is 50.1 Å². The maximum absolute atomic E-state index is 13.3. The fourth-order valence-corrected chi connectivity index (χ4v) is 4.11. The summed E-state index contributed by atoms with van der Waals surface area (Å²) in [6.07, 6.45) is 0. The zero-order valence-corrected chi connectivity index (χ0v) is 17.3. The van der Waals surface area contributed by atoms with Crippen LogP contribution in [0.15, 0.2) is 42.5 Å². The summed E-state index contributed by atoms with van der Waals surface area (Å²) in [4.78, 5) is 22.2. The van der Waals surface area contributed by atoms with Gasteiger partial charge in [0.1, 0.15) is 0 Å². The van der Waals surface area contributed by atoms with Crippen LogP contribution in [0, 0.1) is 20.8 Å². The Bertz CT molecular complexity index is 1060. The minimum atomic E-state index is 0.0866. The summed E-state index contributed by atoms with van der Waals surface area (Å²) in [5.41, 5.74) is 5.99. The number of amides is 1. The Morgan fingerprint density at radius 1 is 0.964 bits per heavy atom. The Morgan fingerprint density at radius 2 is 1.71 bits per heavy atom. The molecule has 2 heterocycles. The van der Waals surface area contributed by atoms with E-state index in [1.807, 2.05) is 61.2 Å². The molecule has 1 fully saturated rings. The lowest BCUT2D eigenvalue weighted by atomic mass is 10.0. The highest BCUT2D eigenvalue weighted by atomic mass is 35.5. The molecule has 0 spiro atoms. The van der Waals surface area contributed by atoms with Crippen LogP contribution in [-0.4, -0.2) is 42.0 Å². The zero-order chi connectivity index (χ0) is 19.8. The van der Waals surface area contributed by atoms with Crippen LogP contribution in [0.25, 0.3) is 10.9 Å². The Balaban J connectivity index is 1.57. The monoisotopic (exact) mass is 393 g/mol. The molecule has 1 aliphatic rings. The van der Waals surface area contributed by atoms with Crippen LogP contribution in [0.4, 0.5) is 5.69 Å². The predicted molar refractivity (Wildman–Crippen MR) is 116 cm³/mol. The van der Waals surface area contributed by atoms with Crippen LogP contribution in [-0.2, 0) is 0 Å². The van der Waals surface area contributed by atoms with E-state index in [0.29, 0.717) is 13.1 Å². The summed E-state index contributed by atoms with van der Waals surface area (Å²) in [5.74, 6) is 0.0866. The van der Waals surface area contributed by atoms with Crippen molar-refractivity contribution < 1.29 is 4.79 Å². The molecule has 4 rings (SSSR count). The van der Waals surface area contributed by atoms with Crippen molar-refractivity contribution in [2.75, 3.05) is 31.1 Å². The maximum Gasteiger partial charge on any atom is 0.254 e. The molecule has 5 heteroatoms. The molecule has 0 aliphatic carbocycles. The molecule has 0 atom stereocenters. The second-order valence-electron chi connectivity index (χ2n) is 7.49. The summed E-state index contributed by atoms with van der Waals surface area (Å²) in [6.45, 7) is 9.07. The minimum Gasteiger partial charge on any atom is -0.368 e. The molecule has 0 N–H and O–H groups in total. The number of para-hydroxylation sites is 1. The molecular formula is C23H24ClN3O. The molecule has 0 radical (unpaired) electrons. The van der Waals surface area contributed by atoms with Gasteiger partial charge in [0.15, 0.2) is 0 Å². The first-order valence-corrected chi connectivity index (χ1v) is 9.99. The highest BCUT2D eigenvalue weighted by Gasteiger charge is 2.25. The standard InChI is InChI=1S/C23H24ClN3O/c1-15-7-8-18(24)14-21(15)26-9-11-27(12-10-26)23(28)20-13-17(3)25-22-16(2)5-4-6-19(20)22/h4-8,13-14H,9-12H2,1-3H3. The van der Waals surface area contributed by atoms with E-state index in [0.717, 1.165) is 51.5 Å². The van der Waals surface area contributed by atoms with E-state index >= 15 is 0 Å². The third-order valence-electron chi connectivity index (χ3n) is 5.48. The lowest BCUT2D eigenvalue weighted by molar-refractivity contribution is 0.0748. The largest absolute Gasteiger partial charge is 0.368 e. The first kappa shape index (κ1) is 18.8. The average Bonchev–Trinajstić information content (AvgIpc) is 2.69. The Kier molecular flexibility index (Phi) is 4.98. The number of hydrogen-bond donors (Lipinski definition) is 0. The Labute approximate surface area is 170 Å². The molecule has 2 aromatic carbocycles. The van der Waals surface area contributed by atoms with Crippen LogP contribution in [0.2, 0.25) is 5.02 Å². The zero-order valence-electron chi connectivity index (χ0n) is 16.5. The normalized spacial score (nSPS) is 14.6. The van der Waals surface area contributed by atoms with Crippen molar-refractivity contribution in [2.45, 2.75) is 20.8 Å². The molecule has 1 amide bonds. The first-order chi connectivity index (χ1) is 13.4. The van der Waals surface area contributed by atoms with Gasteiger partial charge < -0.3 is 9.80 Å². The van der Waals surface area contributed by atoms with Crippen LogP contribution in [0.1, 0.15) is 27.2 Å². The highest BCUT2D eigenvalue weighted by Crippen LogP contribution is 2.27. The van der Waals surface area contributed by atoms with Crippen molar-refractivity contribution >= 4 is 34.1 Å². The number of halogens is 1. The molecule has 28 heavy (non-hydrogen) atoms. The van der Waals surface area contributed by atoms with E-state index in [1.54, 1.807) is 0 Å². The minimum absolute atomic E-state index is 0.0866. The number of carbonyl (C=O) groups excluding carboxylic acids is 1. The number of aromatic nitrogens is 1. The van der Waals surface area contributed by atoms with Crippen LogP contribution >= 0.6 is 11.6 Å². The van der Waals surface area contributed by atoms with Crippen molar-refractivity contribution in [1.82, 2.24) is 9.88 Å². The number of aryl methyl sites for hydroxylation is 3. The Hall–Kier alpha value is -2.59. The van der Waals surface area contributed by atoms with Gasteiger partial charge in [-0.25, -0.2) is 0 Å². The first-order valence-electron chi connectivity index (χ1n) is 9.61. The summed E-state index contributed by atoms with van der Waals surface area (Å²) < 4.78 is 0. The Morgan fingerprint density at radius 3 is 2.46 bits per heavy atom. The number of benzene rings is 2. The molecule has 1 aromatic heterocycles. The average molecular weight is 394 g/mol. The van der Waals surface area contributed by atoms with Gasteiger partial charge in [0.2, 0.25) is 0 Å². The summed E-state index contributed by atoms with van der Waals surface area (Å²) in [7, 11) is 0. The molecule has 4 nitrogen and oxygen atoms in total. The van der Waals surface area contributed by atoms with Gasteiger partial charge in [-0.2, -0.15) is 0 Å². The fourth-order valence-electron chi connectivity index (χ4n) is 3.94. The molecule has 144 valence electrons. The number of pyridine rings is 1. The number of piperazine rings is 1. The molecule has 0 bridgehead atoms. The number of anilines is 1. The lowest BCUT2D eigenvalue weighted by Gasteiger charge is -2.37. The van der Waals surface area contributed by atoms with Crippen LogP contribution in [0.5, 0.6) is 0 Å². The molecule has 3 aromatic rings. The van der Waals surface area contributed by atoms with Gasteiger partial charge in [-0.3, -0.25) is 9.78 Å². The molecule has 1 aliphatic heterocycles. The van der Waals surface area contributed by atoms with Gasteiger partial charge in [0.25, 0.3) is 5.91 Å². The summed E-state index contributed by atoms with van der Waals surface area (Å²) in [6, 6.07) is 13.9. The summed E-state index contributed by atoms with van der Waals surface area (Å²) in [5, 5.41) is 1.68. The topological polar surface area (TPSA) is 36.4 Å². The van der Waals surface area contributed by atoms with Crippen molar-refractivity contribution in [3.63, 3.8) is 0 Å². The van der Waals surface area contributed by atoms with E-state index in [2.05, 4.69) is 16.8 Å². The van der Waals surface area contributed by atoms with Crippen LogP contribution in [0.3, 0.4) is 0 Å². The van der Waals surface area contributed by atoms with E-state index < -0.39 is 0 Å². The molecule has 0 saturated carbocycles. The second kappa shape index (κ2) is 7.44. The lowest BCUT2D eigenvalue weighted by Crippen LogP contribution is -2.49. The van der Waals surface area contributed by atoms with Gasteiger partial charge in [0.05, 0.1) is 11.1 Å². The van der Waals surface area contributed by atoms with E-state index in [4.69, 9.17) is 11.6 Å². The smallest absolute Gasteiger partial charge is 0.254 e. The maximum atomic E-state index is 13.3. The molecule has 1 saturated heterocycles. The quantitative estimate of drug-likeness (QED) is 0.628. The molecule has 0 unspecified atom stereocenters. The van der Waals surface area contributed by atoms with Crippen LogP contribution < -0.4 is 4.90 Å². The third-order valence-corrected chi connectivity index (χ3v) is 5.71. The SMILES string of the molecule is Cc1cc(C(=O)N2CCN(c3cc(Cl)ccc3C)CC2)c2cccc(C)c2n1. The van der Waals surface area contributed by atoms with Crippen molar-refractivity contribution in [3.8, 4) is 0 Å². The number of rotatable bonds is 2. The number of hydrogen-bond acceptors (Lipinski definition) is 3. The molecular weight excluding hydrogens is 370 g/mol.